The molecule has 0 aromatic rings. The van der Waals surface area contributed by atoms with Gasteiger partial charge in [0.25, 0.3) is 5.91 Å². The van der Waals surface area contributed by atoms with Crippen molar-refractivity contribution in [2.24, 2.45) is 0 Å². The zero-order valence-corrected chi connectivity index (χ0v) is 8.08. The van der Waals surface area contributed by atoms with E-state index in [1.165, 1.54) is 0 Å². The minimum Gasteiger partial charge on any atom is -0.339 e. The van der Waals surface area contributed by atoms with Gasteiger partial charge in [-0.1, -0.05) is 6.58 Å². The Bertz CT molecular complexity index is 316. The van der Waals surface area contributed by atoms with Crippen molar-refractivity contribution >= 4 is 11.8 Å². The molecule has 1 aliphatic heterocycles. The molecule has 1 unspecified atom stereocenters. The van der Waals surface area contributed by atoms with Gasteiger partial charge in [0.05, 0.1) is 0 Å². The van der Waals surface area contributed by atoms with Crippen molar-refractivity contribution in [3.63, 3.8) is 0 Å². The molecule has 1 saturated heterocycles. The molecule has 1 rings (SSSR count). The van der Waals surface area contributed by atoms with Crippen molar-refractivity contribution in [1.29, 1.82) is 0 Å². The molecular weight excluding hydrogens is 229 g/mol. The third kappa shape index (κ3) is 3.23. The third-order valence-corrected chi connectivity index (χ3v) is 1.77. The lowest BCUT2D eigenvalue weighted by atomic mass is 10.3. The van der Waals surface area contributed by atoms with E-state index >= 15 is 0 Å². The maximum Gasteiger partial charge on any atom is 0.408 e. The maximum atomic E-state index is 12.0. The number of hydroxylamine groups is 2. The standard InChI is InChI=1S/C8H9F3N2O3/c1-2-6(14)12-5-3-16-13(7(5)15)4-8(9,10)11/h2,5H,1,3-4H2,(H,12,14). The average Bonchev–Trinajstić information content (AvgIpc) is 2.47. The van der Waals surface area contributed by atoms with E-state index < -0.39 is 30.6 Å². The lowest BCUT2D eigenvalue weighted by molar-refractivity contribution is -0.214. The Hall–Kier alpha value is -1.57. The Morgan fingerprint density at radius 1 is 1.69 bits per heavy atom. The van der Waals surface area contributed by atoms with Crippen molar-refractivity contribution < 1.29 is 27.6 Å². The number of nitrogens with zero attached hydrogens (tertiary/aromatic N) is 1. The van der Waals surface area contributed by atoms with E-state index in [4.69, 9.17) is 0 Å². The van der Waals surface area contributed by atoms with Crippen molar-refractivity contribution in [3.8, 4) is 0 Å². The first kappa shape index (κ1) is 12.5. The highest BCUT2D eigenvalue weighted by molar-refractivity contribution is 5.92. The van der Waals surface area contributed by atoms with Gasteiger partial charge in [-0.05, 0) is 6.08 Å². The van der Waals surface area contributed by atoms with Crippen LogP contribution in [0.4, 0.5) is 13.2 Å². The predicted octanol–water partition coefficient (Wildman–Crippen LogP) is -0.00670. The Morgan fingerprint density at radius 3 is 2.81 bits per heavy atom. The maximum absolute atomic E-state index is 12.0. The lowest BCUT2D eigenvalue weighted by Crippen LogP contribution is -2.43. The summed E-state index contributed by atoms with van der Waals surface area (Å²) >= 11 is 0. The fourth-order valence-electron chi connectivity index (χ4n) is 1.09. The molecule has 1 fully saturated rings. The van der Waals surface area contributed by atoms with Crippen molar-refractivity contribution in [2.75, 3.05) is 13.2 Å². The summed E-state index contributed by atoms with van der Waals surface area (Å²) in [6, 6.07) is -1.09. The number of carbonyl (C=O) groups excluding carboxylic acids is 2. The van der Waals surface area contributed by atoms with Gasteiger partial charge in [0.2, 0.25) is 5.91 Å². The normalized spacial score (nSPS) is 21.1. The van der Waals surface area contributed by atoms with E-state index in [-0.39, 0.29) is 11.7 Å². The molecule has 5 nitrogen and oxygen atoms in total. The number of rotatable bonds is 3. The number of hydrogen-bond donors (Lipinski definition) is 1. The van der Waals surface area contributed by atoms with Crippen molar-refractivity contribution in [3.05, 3.63) is 12.7 Å². The van der Waals surface area contributed by atoms with Gasteiger partial charge < -0.3 is 5.32 Å². The smallest absolute Gasteiger partial charge is 0.339 e. The van der Waals surface area contributed by atoms with Crippen LogP contribution in [-0.4, -0.2) is 42.2 Å². The second kappa shape index (κ2) is 4.52. The first-order valence-electron chi connectivity index (χ1n) is 4.27. The number of alkyl halides is 3. The monoisotopic (exact) mass is 238 g/mol. The molecule has 1 N–H and O–H groups in total. The number of carbonyl (C=O) groups is 2. The summed E-state index contributed by atoms with van der Waals surface area (Å²) in [6.07, 6.45) is -3.62. The van der Waals surface area contributed by atoms with Crippen LogP contribution in [0.15, 0.2) is 12.7 Å². The van der Waals surface area contributed by atoms with Crippen LogP contribution in [0, 0.1) is 0 Å². The van der Waals surface area contributed by atoms with E-state index in [0.29, 0.717) is 0 Å². The van der Waals surface area contributed by atoms with Crippen LogP contribution in [0.5, 0.6) is 0 Å². The topological polar surface area (TPSA) is 58.6 Å². The number of hydrogen-bond acceptors (Lipinski definition) is 3. The molecule has 8 heteroatoms. The Morgan fingerprint density at radius 2 is 2.31 bits per heavy atom. The van der Waals surface area contributed by atoms with Crippen molar-refractivity contribution in [1.82, 2.24) is 10.4 Å². The first-order chi connectivity index (χ1) is 7.33. The van der Waals surface area contributed by atoms with E-state index in [9.17, 15) is 22.8 Å². The van der Waals surface area contributed by atoms with Gasteiger partial charge in [-0.15, -0.1) is 0 Å². The molecule has 16 heavy (non-hydrogen) atoms. The molecule has 1 aliphatic rings. The molecule has 0 saturated carbocycles. The van der Waals surface area contributed by atoms with Crippen LogP contribution >= 0.6 is 0 Å². The number of amides is 2. The second-order valence-electron chi connectivity index (χ2n) is 3.05. The number of halogens is 3. The molecule has 0 aromatic heterocycles. The molecule has 90 valence electrons. The van der Waals surface area contributed by atoms with Crippen LogP contribution < -0.4 is 5.32 Å². The molecule has 1 atom stereocenters. The molecule has 1 heterocycles. The summed E-state index contributed by atoms with van der Waals surface area (Å²) in [5, 5.41) is 2.34. The first-order valence-corrected chi connectivity index (χ1v) is 4.27. The molecule has 0 aromatic carbocycles. The van der Waals surface area contributed by atoms with Gasteiger partial charge in [-0.25, -0.2) is 5.06 Å². The van der Waals surface area contributed by atoms with E-state index in [1.54, 1.807) is 0 Å². The zero-order chi connectivity index (χ0) is 12.3. The molecule has 0 aliphatic carbocycles. The van der Waals surface area contributed by atoms with E-state index in [1.807, 2.05) is 0 Å². The Balaban J connectivity index is 2.54. The highest BCUT2D eigenvalue weighted by Crippen LogP contribution is 2.19. The highest BCUT2D eigenvalue weighted by Gasteiger charge is 2.41. The summed E-state index contributed by atoms with van der Waals surface area (Å²) in [6.45, 7) is 1.34. The van der Waals surface area contributed by atoms with Gasteiger partial charge in [0, 0.05) is 0 Å². The summed E-state index contributed by atoms with van der Waals surface area (Å²) in [5.41, 5.74) is 0. The summed E-state index contributed by atoms with van der Waals surface area (Å²) in [4.78, 5) is 26.6. The fourth-order valence-corrected chi connectivity index (χ4v) is 1.09. The molecule has 0 bridgehead atoms. The van der Waals surface area contributed by atoms with Gasteiger partial charge >= 0.3 is 6.18 Å². The predicted molar refractivity (Wildman–Crippen MR) is 45.8 cm³/mol. The molecule has 0 radical (unpaired) electrons. The van der Waals surface area contributed by atoms with Crippen LogP contribution in [0.3, 0.4) is 0 Å². The lowest BCUT2D eigenvalue weighted by Gasteiger charge is -2.16. The van der Waals surface area contributed by atoms with Gasteiger partial charge in [0.15, 0.2) is 0 Å². The third-order valence-electron chi connectivity index (χ3n) is 1.77. The summed E-state index contributed by atoms with van der Waals surface area (Å²) in [5.74, 6) is -1.57. The van der Waals surface area contributed by atoms with Gasteiger partial charge in [-0.3, -0.25) is 14.4 Å². The van der Waals surface area contributed by atoms with Gasteiger partial charge in [0.1, 0.15) is 19.2 Å². The molecule has 0 spiro atoms. The summed E-state index contributed by atoms with van der Waals surface area (Å²) < 4.78 is 35.9. The van der Waals surface area contributed by atoms with Gasteiger partial charge in [-0.2, -0.15) is 13.2 Å². The van der Waals surface area contributed by atoms with Crippen LogP contribution in [0.1, 0.15) is 0 Å². The number of nitrogens with one attached hydrogen (secondary N) is 1. The van der Waals surface area contributed by atoms with E-state index in [0.717, 1.165) is 6.08 Å². The van der Waals surface area contributed by atoms with Crippen LogP contribution in [0.25, 0.3) is 0 Å². The zero-order valence-electron chi connectivity index (χ0n) is 8.08. The Labute approximate surface area is 88.8 Å². The summed E-state index contributed by atoms with van der Waals surface area (Å²) in [7, 11) is 0. The minimum atomic E-state index is -4.53. The Kier molecular flexibility index (Phi) is 3.53. The average molecular weight is 238 g/mol. The minimum absolute atomic E-state index is 0.189. The SMILES string of the molecule is C=CC(=O)NC1CON(CC(F)(F)F)C1=O. The molecule has 2 amide bonds. The fraction of sp³-hybridized carbons (Fsp3) is 0.500. The van der Waals surface area contributed by atoms with Crippen molar-refractivity contribution in [2.45, 2.75) is 12.2 Å². The van der Waals surface area contributed by atoms with Crippen LogP contribution in [0.2, 0.25) is 0 Å². The van der Waals surface area contributed by atoms with Crippen LogP contribution in [-0.2, 0) is 14.4 Å². The largest absolute Gasteiger partial charge is 0.408 e. The quantitative estimate of drug-likeness (QED) is 0.704. The molecular formula is C8H9F3N2O3. The van der Waals surface area contributed by atoms with E-state index in [2.05, 4.69) is 16.7 Å². The highest BCUT2D eigenvalue weighted by atomic mass is 19.4. The second-order valence-corrected chi connectivity index (χ2v) is 3.05.